The Morgan fingerprint density at radius 3 is 2.55 bits per heavy atom. The molecule has 102 valence electrons. The lowest BCUT2D eigenvalue weighted by Crippen LogP contribution is -2.37. The van der Waals surface area contributed by atoms with Gasteiger partial charge in [0.2, 0.25) is 11.8 Å². The first-order valence-corrected chi connectivity index (χ1v) is 6.89. The zero-order valence-corrected chi connectivity index (χ0v) is 11.1. The number of carbonyl (C=O) groups is 2. The number of hydrogen-bond donors (Lipinski definition) is 1. The van der Waals surface area contributed by atoms with E-state index in [9.17, 15) is 14.7 Å². The highest BCUT2D eigenvalue weighted by Gasteiger charge is 2.67. The van der Waals surface area contributed by atoms with Gasteiger partial charge in [-0.2, -0.15) is 0 Å². The van der Waals surface area contributed by atoms with Crippen LogP contribution in [-0.4, -0.2) is 16.9 Å². The molecule has 4 rings (SSSR count). The first kappa shape index (κ1) is 11.7. The second kappa shape index (κ2) is 3.51. The molecule has 1 N–H and O–H groups in total. The molecule has 2 aliphatic carbocycles. The van der Waals surface area contributed by atoms with Gasteiger partial charge in [-0.15, -0.1) is 0 Å². The van der Waals surface area contributed by atoms with Crippen LogP contribution in [0, 0.1) is 23.2 Å². The number of allylic oxidation sites excluding steroid dienone is 2. The van der Waals surface area contributed by atoms with E-state index in [0.717, 1.165) is 6.42 Å². The molecule has 2 fully saturated rings. The molecule has 4 atom stereocenters. The van der Waals surface area contributed by atoms with E-state index in [1.54, 1.807) is 12.1 Å². The summed E-state index contributed by atoms with van der Waals surface area (Å²) in [5, 5.41) is 9.34. The SMILES string of the molecule is C[C@@]12C(=O)N(c3ccc(O)cc3)C(=O)[C@H]1[C@H]1C=C[C@H]2C1. The number of carbonyl (C=O) groups excluding carboxylic acids is 2. The first-order chi connectivity index (χ1) is 9.53. The van der Waals surface area contributed by atoms with Crippen LogP contribution in [0.3, 0.4) is 0 Å². The molecule has 1 saturated carbocycles. The van der Waals surface area contributed by atoms with Gasteiger partial charge in [0.05, 0.1) is 17.0 Å². The molecular weight excluding hydrogens is 254 g/mol. The fourth-order valence-corrected chi connectivity index (χ4v) is 4.15. The molecular formula is C16H15NO3. The summed E-state index contributed by atoms with van der Waals surface area (Å²) in [6.07, 6.45) is 5.09. The van der Waals surface area contributed by atoms with Crippen LogP contribution in [0.15, 0.2) is 36.4 Å². The summed E-state index contributed by atoms with van der Waals surface area (Å²) >= 11 is 0. The van der Waals surface area contributed by atoms with Gasteiger partial charge in [-0.3, -0.25) is 9.59 Å². The number of nitrogens with zero attached hydrogens (tertiary/aromatic N) is 1. The molecule has 1 aromatic rings. The highest BCUT2D eigenvalue weighted by Crippen LogP contribution is 2.60. The van der Waals surface area contributed by atoms with Crippen LogP contribution in [-0.2, 0) is 9.59 Å². The standard InChI is InChI=1S/C16H15NO3/c1-16-10-3-2-9(8-10)13(16)14(19)17(15(16)20)11-4-6-12(18)7-5-11/h2-7,9-10,13,18H,8H2,1H3/t9-,10-,13+,16-/m0/s1. The maximum Gasteiger partial charge on any atom is 0.241 e. The molecule has 1 aromatic carbocycles. The minimum Gasteiger partial charge on any atom is -0.508 e. The zero-order valence-electron chi connectivity index (χ0n) is 11.1. The van der Waals surface area contributed by atoms with E-state index in [0.29, 0.717) is 5.69 Å². The lowest BCUT2D eigenvalue weighted by atomic mass is 9.71. The zero-order chi connectivity index (χ0) is 14.1. The summed E-state index contributed by atoms with van der Waals surface area (Å²) in [6.45, 7) is 1.92. The highest BCUT2D eigenvalue weighted by molar-refractivity contribution is 6.24. The Bertz CT molecular complexity index is 648. The molecule has 0 spiro atoms. The number of phenolic OH excluding ortho intramolecular Hbond substituents is 1. The normalized spacial score (nSPS) is 37.9. The van der Waals surface area contributed by atoms with Crippen molar-refractivity contribution < 1.29 is 14.7 Å². The number of imide groups is 1. The van der Waals surface area contributed by atoms with Gasteiger partial charge in [-0.1, -0.05) is 12.2 Å². The van der Waals surface area contributed by atoms with Gasteiger partial charge in [0.1, 0.15) is 5.75 Å². The van der Waals surface area contributed by atoms with Gasteiger partial charge in [-0.25, -0.2) is 4.90 Å². The third-order valence-electron chi connectivity index (χ3n) is 5.22. The van der Waals surface area contributed by atoms with Crippen LogP contribution in [0.4, 0.5) is 5.69 Å². The molecule has 1 aliphatic heterocycles. The Morgan fingerprint density at radius 1 is 1.20 bits per heavy atom. The maximum absolute atomic E-state index is 12.8. The van der Waals surface area contributed by atoms with E-state index >= 15 is 0 Å². The molecule has 4 heteroatoms. The summed E-state index contributed by atoms with van der Waals surface area (Å²) in [6, 6.07) is 6.23. The van der Waals surface area contributed by atoms with Crippen LogP contribution >= 0.6 is 0 Å². The van der Waals surface area contributed by atoms with Crippen molar-refractivity contribution in [1.29, 1.82) is 0 Å². The summed E-state index contributed by atoms with van der Waals surface area (Å²) < 4.78 is 0. The molecule has 4 nitrogen and oxygen atoms in total. The van der Waals surface area contributed by atoms with Crippen molar-refractivity contribution in [3.05, 3.63) is 36.4 Å². The predicted octanol–water partition coefficient (Wildman–Crippen LogP) is 2.09. The van der Waals surface area contributed by atoms with Crippen LogP contribution in [0.5, 0.6) is 5.75 Å². The Kier molecular flexibility index (Phi) is 2.05. The van der Waals surface area contributed by atoms with Crippen LogP contribution in [0.25, 0.3) is 0 Å². The average Bonchev–Trinajstić information content (AvgIpc) is 3.05. The lowest BCUT2D eigenvalue weighted by Gasteiger charge is -2.28. The largest absolute Gasteiger partial charge is 0.508 e. The molecule has 0 radical (unpaired) electrons. The Morgan fingerprint density at radius 2 is 1.90 bits per heavy atom. The van der Waals surface area contributed by atoms with Crippen molar-refractivity contribution in [3.8, 4) is 5.75 Å². The van der Waals surface area contributed by atoms with E-state index in [1.807, 2.05) is 6.92 Å². The molecule has 0 unspecified atom stereocenters. The number of aromatic hydroxyl groups is 1. The topological polar surface area (TPSA) is 57.6 Å². The van der Waals surface area contributed by atoms with E-state index in [1.165, 1.54) is 17.0 Å². The summed E-state index contributed by atoms with van der Waals surface area (Å²) in [4.78, 5) is 26.8. The van der Waals surface area contributed by atoms with Gasteiger partial charge in [0, 0.05) is 0 Å². The third kappa shape index (κ3) is 1.17. The summed E-state index contributed by atoms with van der Waals surface area (Å²) in [7, 11) is 0. The second-order valence-corrected chi connectivity index (χ2v) is 6.15. The van der Waals surface area contributed by atoms with Crippen LogP contribution in [0.1, 0.15) is 13.3 Å². The molecule has 20 heavy (non-hydrogen) atoms. The fraction of sp³-hybridized carbons (Fsp3) is 0.375. The van der Waals surface area contributed by atoms with Crippen molar-refractivity contribution in [2.24, 2.45) is 23.2 Å². The van der Waals surface area contributed by atoms with E-state index in [2.05, 4.69) is 12.2 Å². The maximum atomic E-state index is 12.8. The Labute approximate surface area is 116 Å². The van der Waals surface area contributed by atoms with Gasteiger partial charge in [0.25, 0.3) is 0 Å². The second-order valence-electron chi connectivity index (χ2n) is 6.15. The smallest absolute Gasteiger partial charge is 0.241 e. The molecule has 3 aliphatic rings. The van der Waals surface area contributed by atoms with Crippen molar-refractivity contribution in [2.75, 3.05) is 4.90 Å². The predicted molar refractivity (Wildman–Crippen MR) is 72.9 cm³/mol. The number of amides is 2. The van der Waals surface area contributed by atoms with Crippen LogP contribution < -0.4 is 4.90 Å². The van der Waals surface area contributed by atoms with Gasteiger partial charge < -0.3 is 5.11 Å². The van der Waals surface area contributed by atoms with Gasteiger partial charge in [0.15, 0.2) is 0 Å². The number of hydrogen-bond acceptors (Lipinski definition) is 3. The number of fused-ring (bicyclic) bond motifs is 5. The highest BCUT2D eigenvalue weighted by atomic mass is 16.3. The monoisotopic (exact) mass is 269 g/mol. The number of phenols is 1. The van der Waals surface area contributed by atoms with Crippen molar-refractivity contribution in [1.82, 2.24) is 0 Å². The van der Waals surface area contributed by atoms with E-state index in [4.69, 9.17) is 0 Å². The number of benzene rings is 1. The minimum atomic E-state index is -0.589. The lowest BCUT2D eigenvalue weighted by molar-refractivity contribution is -0.127. The first-order valence-electron chi connectivity index (χ1n) is 6.89. The molecule has 1 heterocycles. The van der Waals surface area contributed by atoms with Gasteiger partial charge in [-0.05, 0) is 49.4 Å². The average molecular weight is 269 g/mol. The number of rotatable bonds is 1. The summed E-state index contributed by atoms with van der Waals surface area (Å²) in [5.74, 6) is 0.0782. The molecule has 2 bridgehead atoms. The van der Waals surface area contributed by atoms with Crippen molar-refractivity contribution in [2.45, 2.75) is 13.3 Å². The quantitative estimate of drug-likeness (QED) is 0.627. The molecule has 2 amide bonds. The third-order valence-corrected chi connectivity index (χ3v) is 5.22. The Hall–Kier alpha value is -2.10. The van der Waals surface area contributed by atoms with E-state index in [-0.39, 0.29) is 35.3 Å². The van der Waals surface area contributed by atoms with E-state index < -0.39 is 5.41 Å². The van der Waals surface area contributed by atoms with Gasteiger partial charge >= 0.3 is 0 Å². The van der Waals surface area contributed by atoms with Crippen molar-refractivity contribution in [3.63, 3.8) is 0 Å². The Balaban J connectivity index is 1.80. The van der Waals surface area contributed by atoms with Crippen LogP contribution in [0.2, 0.25) is 0 Å². The molecule has 0 aromatic heterocycles. The summed E-state index contributed by atoms with van der Waals surface area (Å²) in [5.41, 5.74) is -0.0400. The van der Waals surface area contributed by atoms with Crippen molar-refractivity contribution >= 4 is 17.5 Å². The fourth-order valence-electron chi connectivity index (χ4n) is 4.15. The number of anilines is 1. The minimum absolute atomic E-state index is 0.0972. The molecule has 1 saturated heterocycles.